The molecule has 0 aliphatic heterocycles. The number of rotatable bonds is 8. The van der Waals surface area contributed by atoms with Crippen LogP contribution in [0.1, 0.15) is 65.0 Å². The third kappa shape index (κ3) is 4.54. The molecule has 0 radical (unpaired) electrons. The molecule has 0 spiro atoms. The Bertz CT molecular complexity index is 347. The molecule has 0 saturated carbocycles. The molecule has 0 fully saturated rings. The Morgan fingerprint density at radius 2 is 1.68 bits per heavy atom. The quantitative estimate of drug-likeness (QED) is 0.744. The lowest BCUT2D eigenvalue weighted by Gasteiger charge is -2.31. The Kier molecular flexibility index (Phi) is 6.93. The molecule has 0 heterocycles. The molecule has 2 atom stereocenters. The summed E-state index contributed by atoms with van der Waals surface area (Å²) in [6, 6.07) is 8.98. The molecule has 0 aromatic heterocycles. The van der Waals surface area contributed by atoms with E-state index >= 15 is 0 Å². The highest BCUT2D eigenvalue weighted by Gasteiger charge is 2.13. The van der Waals surface area contributed by atoms with Crippen LogP contribution in [0.25, 0.3) is 0 Å². The van der Waals surface area contributed by atoms with E-state index in [0.717, 1.165) is 24.9 Å². The van der Waals surface area contributed by atoms with Crippen LogP contribution in [-0.2, 0) is 0 Å². The van der Waals surface area contributed by atoms with E-state index < -0.39 is 0 Å². The highest BCUT2D eigenvalue weighted by Crippen LogP contribution is 2.23. The molecular formula is C17H29NO. The predicted molar refractivity (Wildman–Crippen MR) is 83.7 cm³/mol. The van der Waals surface area contributed by atoms with Gasteiger partial charge in [0, 0.05) is 18.3 Å². The fraction of sp³-hybridized carbons (Fsp3) is 0.647. The highest BCUT2D eigenvalue weighted by atomic mass is 16.3. The van der Waals surface area contributed by atoms with Gasteiger partial charge in [-0.2, -0.15) is 0 Å². The lowest BCUT2D eigenvalue weighted by molar-refractivity contribution is 0.173. The molecule has 2 unspecified atom stereocenters. The third-order valence-corrected chi connectivity index (χ3v) is 3.87. The SMILES string of the molecule is CCCCN(c1ccc(C(O)CC)cc1)C(C)CC. The van der Waals surface area contributed by atoms with Crippen LogP contribution >= 0.6 is 0 Å². The molecule has 1 aromatic carbocycles. The van der Waals surface area contributed by atoms with E-state index in [9.17, 15) is 5.11 Å². The summed E-state index contributed by atoms with van der Waals surface area (Å²) in [7, 11) is 0. The first-order valence-electron chi connectivity index (χ1n) is 7.68. The Labute approximate surface area is 118 Å². The van der Waals surface area contributed by atoms with E-state index in [1.54, 1.807) is 0 Å². The number of hydrogen-bond acceptors (Lipinski definition) is 2. The number of anilines is 1. The van der Waals surface area contributed by atoms with Gasteiger partial charge in [0.05, 0.1) is 6.10 Å². The summed E-state index contributed by atoms with van der Waals surface area (Å²) >= 11 is 0. The summed E-state index contributed by atoms with van der Waals surface area (Å²) in [4.78, 5) is 2.48. The minimum Gasteiger partial charge on any atom is -0.388 e. The Balaban J connectivity index is 2.84. The standard InChI is InChI=1S/C17H29NO/c1-5-8-13-18(14(4)6-2)16-11-9-15(10-12-16)17(19)7-3/h9-12,14,17,19H,5-8,13H2,1-4H3. The maximum Gasteiger partial charge on any atom is 0.0787 e. The van der Waals surface area contributed by atoms with E-state index in [1.165, 1.54) is 18.5 Å². The molecule has 0 aliphatic rings. The summed E-state index contributed by atoms with van der Waals surface area (Å²) in [5, 5.41) is 9.84. The van der Waals surface area contributed by atoms with Crippen molar-refractivity contribution >= 4 is 5.69 Å². The summed E-state index contributed by atoms with van der Waals surface area (Å²) < 4.78 is 0. The van der Waals surface area contributed by atoms with Crippen LogP contribution in [0.15, 0.2) is 24.3 Å². The van der Waals surface area contributed by atoms with Gasteiger partial charge in [-0.15, -0.1) is 0 Å². The first kappa shape index (κ1) is 16.0. The van der Waals surface area contributed by atoms with Crippen molar-refractivity contribution < 1.29 is 5.11 Å². The zero-order valence-corrected chi connectivity index (χ0v) is 12.9. The van der Waals surface area contributed by atoms with Gasteiger partial charge in [0.1, 0.15) is 0 Å². The molecular weight excluding hydrogens is 234 g/mol. The minimum atomic E-state index is -0.332. The van der Waals surface area contributed by atoms with Crippen LogP contribution in [0.2, 0.25) is 0 Å². The summed E-state index contributed by atoms with van der Waals surface area (Å²) in [5.41, 5.74) is 2.29. The van der Waals surface area contributed by atoms with Gasteiger partial charge < -0.3 is 10.0 Å². The lowest BCUT2D eigenvalue weighted by Crippen LogP contribution is -2.33. The molecule has 19 heavy (non-hydrogen) atoms. The zero-order chi connectivity index (χ0) is 14.3. The fourth-order valence-corrected chi connectivity index (χ4v) is 2.28. The van der Waals surface area contributed by atoms with Gasteiger partial charge in [0.2, 0.25) is 0 Å². The molecule has 0 saturated heterocycles. The fourth-order valence-electron chi connectivity index (χ4n) is 2.28. The van der Waals surface area contributed by atoms with Crippen molar-refractivity contribution in [1.82, 2.24) is 0 Å². The highest BCUT2D eigenvalue weighted by molar-refractivity contribution is 5.48. The summed E-state index contributed by atoms with van der Waals surface area (Å²) in [5.74, 6) is 0. The number of aliphatic hydroxyl groups excluding tert-OH is 1. The molecule has 2 nitrogen and oxygen atoms in total. The van der Waals surface area contributed by atoms with Crippen molar-refractivity contribution in [2.75, 3.05) is 11.4 Å². The van der Waals surface area contributed by atoms with E-state index in [4.69, 9.17) is 0 Å². The number of aliphatic hydroxyl groups is 1. The smallest absolute Gasteiger partial charge is 0.0787 e. The summed E-state index contributed by atoms with van der Waals surface area (Å²) in [6.45, 7) is 9.87. The Morgan fingerprint density at radius 3 is 2.16 bits per heavy atom. The Hall–Kier alpha value is -1.02. The van der Waals surface area contributed by atoms with Crippen molar-refractivity contribution in [3.63, 3.8) is 0 Å². The van der Waals surface area contributed by atoms with Crippen LogP contribution in [0.4, 0.5) is 5.69 Å². The van der Waals surface area contributed by atoms with Crippen LogP contribution in [0.5, 0.6) is 0 Å². The van der Waals surface area contributed by atoms with E-state index in [-0.39, 0.29) is 6.10 Å². The van der Waals surface area contributed by atoms with Crippen molar-refractivity contribution in [2.24, 2.45) is 0 Å². The molecule has 0 amide bonds. The van der Waals surface area contributed by atoms with Gasteiger partial charge >= 0.3 is 0 Å². The van der Waals surface area contributed by atoms with Crippen molar-refractivity contribution in [1.29, 1.82) is 0 Å². The monoisotopic (exact) mass is 263 g/mol. The van der Waals surface area contributed by atoms with E-state index in [1.807, 2.05) is 6.92 Å². The van der Waals surface area contributed by atoms with Gasteiger partial charge in [-0.25, -0.2) is 0 Å². The number of nitrogens with zero attached hydrogens (tertiary/aromatic N) is 1. The maximum atomic E-state index is 9.84. The van der Waals surface area contributed by atoms with E-state index in [2.05, 4.69) is 49.9 Å². The molecule has 0 aliphatic carbocycles. The number of hydrogen-bond donors (Lipinski definition) is 1. The van der Waals surface area contributed by atoms with Crippen LogP contribution in [0.3, 0.4) is 0 Å². The van der Waals surface area contributed by atoms with Gasteiger partial charge in [0.25, 0.3) is 0 Å². The molecule has 1 rings (SSSR count). The second-order valence-corrected chi connectivity index (χ2v) is 5.32. The molecule has 2 heteroatoms. The van der Waals surface area contributed by atoms with Gasteiger partial charge in [0.15, 0.2) is 0 Å². The Morgan fingerprint density at radius 1 is 1.05 bits per heavy atom. The van der Waals surface area contributed by atoms with Crippen molar-refractivity contribution in [3.8, 4) is 0 Å². The average molecular weight is 263 g/mol. The summed E-state index contributed by atoms with van der Waals surface area (Å²) in [6.07, 6.45) is 4.04. The van der Waals surface area contributed by atoms with Gasteiger partial charge in [-0.1, -0.05) is 39.3 Å². The molecule has 108 valence electrons. The topological polar surface area (TPSA) is 23.5 Å². The van der Waals surface area contributed by atoms with Crippen molar-refractivity contribution in [2.45, 2.75) is 65.5 Å². The van der Waals surface area contributed by atoms with E-state index in [0.29, 0.717) is 6.04 Å². The maximum absolute atomic E-state index is 9.84. The average Bonchev–Trinajstić information content (AvgIpc) is 2.47. The first-order chi connectivity index (χ1) is 9.13. The van der Waals surface area contributed by atoms with Gasteiger partial charge in [-0.05, 0) is 43.9 Å². The third-order valence-electron chi connectivity index (χ3n) is 3.87. The van der Waals surface area contributed by atoms with Gasteiger partial charge in [-0.3, -0.25) is 0 Å². The normalized spacial score (nSPS) is 14.2. The first-order valence-corrected chi connectivity index (χ1v) is 7.68. The number of benzene rings is 1. The van der Waals surface area contributed by atoms with Crippen LogP contribution < -0.4 is 4.90 Å². The van der Waals surface area contributed by atoms with Crippen LogP contribution in [-0.4, -0.2) is 17.7 Å². The minimum absolute atomic E-state index is 0.332. The largest absolute Gasteiger partial charge is 0.388 e. The zero-order valence-electron chi connectivity index (χ0n) is 12.9. The van der Waals surface area contributed by atoms with Crippen molar-refractivity contribution in [3.05, 3.63) is 29.8 Å². The molecule has 1 N–H and O–H groups in total. The second-order valence-electron chi connectivity index (χ2n) is 5.32. The van der Waals surface area contributed by atoms with Crippen LogP contribution in [0, 0.1) is 0 Å². The second kappa shape index (κ2) is 8.21. The predicted octanol–water partition coefficient (Wildman–Crippen LogP) is 4.54. The number of unbranched alkanes of at least 4 members (excludes halogenated alkanes) is 1. The molecule has 1 aromatic rings. The molecule has 0 bridgehead atoms. The lowest BCUT2D eigenvalue weighted by atomic mass is 10.1.